The maximum atomic E-state index is 11.8. The van der Waals surface area contributed by atoms with Crippen LogP contribution in [0.2, 0.25) is 5.02 Å². The van der Waals surface area contributed by atoms with Crippen LogP contribution < -0.4 is 5.32 Å². The Balaban J connectivity index is 1.49. The molecule has 2 N–H and O–H groups in total. The van der Waals surface area contributed by atoms with E-state index in [1.54, 1.807) is 29.1 Å². The molecule has 0 radical (unpaired) electrons. The Morgan fingerprint density at radius 2 is 1.76 bits per heavy atom. The summed E-state index contributed by atoms with van der Waals surface area (Å²) < 4.78 is 1.59. The van der Waals surface area contributed by atoms with Crippen molar-refractivity contribution in [3.05, 3.63) is 89.1 Å². The summed E-state index contributed by atoms with van der Waals surface area (Å²) in [7, 11) is 0. The summed E-state index contributed by atoms with van der Waals surface area (Å²) >= 11 is 6.10. The second-order valence-electron chi connectivity index (χ2n) is 8.28. The minimum Gasteiger partial charge on any atom is -0.478 e. The minimum atomic E-state index is -0.986. The van der Waals surface area contributed by atoms with Gasteiger partial charge in [-0.25, -0.2) is 9.48 Å². The predicted octanol–water partition coefficient (Wildman–Crippen LogP) is 5.42. The van der Waals surface area contributed by atoms with Crippen molar-refractivity contribution in [2.24, 2.45) is 0 Å². The van der Waals surface area contributed by atoms with Crippen molar-refractivity contribution in [1.82, 2.24) is 20.3 Å². The molecule has 2 heterocycles. The first-order valence-electron chi connectivity index (χ1n) is 10.9. The molecule has 0 aliphatic carbocycles. The van der Waals surface area contributed by atoms with Gasteiger partial charge in [-0.1, -0.05) is 53.2 Å². The summed E-state index contributed by atoms with van der Waals surface area (Å²) in [5.74, 6) is -0.416. The highest BCUT2D eigenvalue weighted by atomic mass is 35.5. The van der Waals surface area contributed by atoms with Crippen LogP contribution in [0.25, 0.3) is 28.1 Å². The Morgan fingerprint density at radius 1 is 0.970 bits per heavy atom. The third-order valence-corrected chi connectivity index (χ3v) is 6.33. The molecule has 3 aromatic carbocycles. The van der Waals surface area contributed by atoms with Crippen molar-refractivity contribution in [2.45, 2.75) is 18.8 Å². The van der Waals surface area contributed by atoms with Gasteiger partial charge in [-0.2, -0.15) is 0 Å². The van der Waals surface area contributed by atoms with Crippen LogP contribution in [0.15, 0.2) is 72.9 Å². The number of halogens is 1. The zero-order valence-electron chi connectivity index (χ0n) is 17.9. The van der Waals surface area contributed by atoms with E-state index in [1.165, 1.54) is 5.56 Å². The molecular formula is C26H23ClN4O2. The highest BCUT2D eigenvalue weighted by Crippen LogP contribution is 2.30. The van der Waals surface area contributed by atoms with Crippen LogP contribution in [0.1, 0.15) is 34.7 Å². The largest absolute Gasteiger partial charge is 0.478 e. The summed E-state index contributed by atoms with van der Waals surface area (Å²) in [6.07, 6.45) is 4.05. The molecule has 7 heteroatoms. The number of hydrogen-bond acceptors (Lipinski definition) is 4. The third kappa shape index (κ3) is 4.67. The number of nitrogens with one attached hydrogen (secondary N) is 1. The summed E-state index contributed by atoms with van der Waals surface area (Å²) in [6.45, 7) is 2.09. The van der Waals surface area contributed by atoms with Gasteiger partial charge >= 0.3 is 5.97 Å². The van der Waals surface area contributed by atoms with E-state index in [0.717, 1.165) is 42.6 Å². The van der Waals surface area contributed by atoms with E-state index in [4.69, 9.17) is 11.6 Å². The lowest BCUT2D eigenvalue weighted by molar-refractivity contribution is 0.0697. The van der Waals surface area contributed by atoms with E-state index in [1.807, 2.05) is 24.3 Å². The first kappa shape index (κ1) is 21.4. The van der Waals surface area contributed by atoms with Gasteiger partial charge in [-0.15, -0.1) is 5.10 Å². The lowest BCUT2D eigenvalue weighted by atomic mass is 9.89. The van der Waals surface area contributed by atoms with Gasteiger partial charge < -0.3 is 10.4 Å². The van der Waals surface area contributed by atoms with E-state index in [9.17, 15) is 9.90 Å². The maximum absolute atomic E-state index is 11.8. The van der Waals surface area contributed by atoms with Gasteiger partial charge in [0.15, 0.2) is 0 Å². The molecule has 0 bridgehead atoms. The molecule has 1 aliphatic rings. The van der Waals surface area contributed by atoms with Crippen LogP contribution in [-0.4, -0.2) is 39.2 Å². The monoisotopic (exact) mass is 458 g/mol. The van der Waals surface area contributed by atoms with Crippen molar-refractivity contribution in [3.8, 4) is 28.1 Å². The molecule has 1 fully saturated rings. The summed E-state index contributed by atoms with van der Waals surface area (Å²) in [5.41, 5.74) is 5.45. The highest BCUT2D eigenvalue weighted by Gasteiger charge is 2.16. The minimum absolute atomic E-state index is 0.199. The average Bonchev–Trinajstić information content (AvgIpc) is 3.35. The molecule has 0 saturated carbocycles. The average molecular weight is 459 g/mol. The van der Waals surface area contributed by atoms with Crippen molar-refractivity contribution in [2.75, 3.05) is 13.1 Å². The number of rotatable bonds is 5. The molecule has 0 unspecified atom stereocenters. The Bertz CT molecular complexity index is 1290. The van der Waals surface area contributed by atoms with E-state index in [0.29, 0.717) is 22.3 Å². The second kappa shape index (κ2) is 9.17. The first-order valence-corrected chi connectivity index (χ1v) is 11.3. The number of hydrogen-bond donors (Lipinski definition) is 2. The lowest BCUT2D eigenvalue weighted by Gasteiger charge is -2.23. The summed E-state index contributed by atoms with van der Waals surface area (Å²) in [6, 6.07) is 21.1. The standard InChI is InChI=1S/C26H23ClN4O2/c27-23-3-1-2-20(13-23)25-16-31(30-29-25)24-14-21(12-22(15-24)26(32)33)18-6-4-17(5-7-18)19-8-10-28-11-9-19/h1-7,12-16,19,28H,8-11H2,(H,32,33). The number of nitrogens with zero attached hydrogens (tertiary/aromatic N) is 3. The summed E-state index contributed by atoms with van der Waals surface area (Å²) in [4.78, 5) is 11.8. The van der Waals surface area contributed by atoms with Crippen LogP contribution in [-0.2, 0) is 0 Å². The molecule has 4 aromatic rings. The SMILES string of the molecule is O=C(O)c1cc(-c2ccc(C3CCNCC3)cc2)cc(-n2cc(-c3cccc(Cl)c3)nn2)c1. The van der Waals surface area contributed by atoms with Gasteiger partial charge in [0, 0.05) is 10.6 Å². The molecule has 33 heavy (non-hydrogen) atoms. The van der Waals surface area contributed by atoms with Gasteiger partial charge in [-0.3, -0.25) is 0 Å². The number of carboxylic acid groups (broad SMARTS) is 1. The molecule has 1 aliphatic heterocycles. The Morgan fingerprint density at radius 3 is 2.48 bits per heavy atom. The van der Waals surface area contributed by atoms with E-state index < -0.39 is 5.97 Å². The third-order valence-electron chi connectivity index (χ3n) is 6.10. The van der Waals surface area contributed by atoms with Crippen molar-refractivity contribution < 1.29 is 9.90 Å². The topological polar surface area (TPSA) is 80.0 Å². The van der Waals surface area contributed by atoms with E-state index in [2.05, 4.69) is 39.9 Å². The second-order valence-corrected chi connectivity index (χ2v) is 8.72. The molecule has 6 nitrogen and oxygen atoms in total. The number of aromatic nitrogens is 3. The first-order chi connectivity index (χ1) is 16.1. The van der Waals surface area contributed by atoms with Gasteiger partial charge in [0.05, 0.1) is 17.4 Å². The van der Waals surface area contributed by atoms with Crippen LogP contribution in [0.5, 0.6) is 0 Å². The molecule has 0 spiro atoms. The fourth-order valence-corrected chi connectivity index (χ4v) is 4.50. The Kier molecular flexibility index (Phi) is 5.94. The van der Waals surface area contributed by atoms with Crippen LogP contribution >= 0.6 is 11.6 Å². The van der Waals surface area contributed by atoms with Gasteiger partial charge in [0.25, 0.3) is 0 Å². The number of carboxylic acids is 1. The predicted molar refractivity (Wildman–Crippen MR) is 129 cm³/mol. The fourth-order valence-electron chi connectivity index (χ4n) is 4.31. The molecule has 166 valence electrons. The molecule has 1 aromatic heterocycles. The van der Waals surface area contributed by atoms with Gasteiger partial charge in [0.2, 0.25) is 0 Å². The molecule has 1 saturated heterocycles. The van der Waals surface area contributed by atoms with Crippen molar-refractivity contribution in [3.63, 3.8) is 0 Å². The van der Waals surface area contributed by atoms with Crippen molar-refractivity contribution in [1.29, 1.82) is 0 Å². The molecule has 0 amide bonds. The number of benzene rings is 3. The lowest BCUT2D eigenvalue weighted by Crippen LogP contribution is -2.26. The Labute approximate surface area is 196 Å². The molecule has 5 rings (SSSR count). The maximum Gasteiger partial charge on any atom is 0.335 e. The van der Waals surface area contributed by atoms with Gasteiger partial charge in [-0.05, 0) is 78.9 Å². The smallest absolute Gasteiger partial charge is 0.335 e. The summed E-state index contributed by atoms with van der Waals surface area (Å²) in [5, 5.41) is 22.2. The van der Waals surface area contributed by atoms with Gasteiger partial charge in [0.1, 0.15) is 5.69 Å². The fraction of sp³-hybridized carbons (Fsp3) is 0.192. The van der Waals surface area contributed by atoms with Crippen LogP contribution in [0.3, 0.4) is 0 Å². The van der Waals surface area contributed by atoms with Crippen LogP contribution in [0.4, 0.5) is 0 Å². The van der Waals surface area contributed by atoms with Crippen LogP contribution in [0, 0.1) is 0 Å². The molecule has 0 atom stereocenters. The highest BCUT2D eigenvalue weighted by molar-refractivity contribution is 6.30. The molecular weight excluding hydrogens is 436 g/mol. The van der Waals surface area contributed by atoms with E-state index in [-0.39, 0.29) is 5.56 Å². The zero-order valence-corrected chi connectivity index (χ0v) is 18.7. The number of aromatic carboxylic acids is 1. The zero-order chi connectivity index (χ0) is 22.8. The Hall–Kier alpha value is -3.48. The van der Waals surface area contributed by atoms with Crippen molar-refractivity contribution >= 4 is 17.6 Å². The quantitative estimate of drug-likeness (QED) is 0.417. The normalized spacial score (nSPS) is 14.3. The number of carbonyl (C=O) groups is 1. The number of piperidine rings is 1. The van der Waals surface area contributed by atoms with E-state index >= 15 is 0 Å².